The van der Waals surface area contributed by atoms with E-state index in [2.05, 4.69) is 4.98 Å². The number of nitrogens with two attached hydrogens (primary N) is 1. The average molecular weight is 249 g/mol. The molecule has 2 N–H and O–H groups in total. The summed E-state index contributed by atoms with van der Waals surface area (Å²) in [7, 11) is 0. The third kappa shape index (κ3) is 4.11. The highest BCUT2D eigenvalue weighted by molar-refractivity contribution is 5.81. The van der Waals surface area contributed by atoms with E-state index < -0.39 is 6.04 Å². The van der Waals surface area contributed by atoms with Gasteiger partial charge in [-0.1, -0.05) is 19.4 Å². The minimum atomic E-state index is -0.402. The summed E-state index contributed by atoms with van der Waals surface area (Å²) in [5, 5.41) is 0. The topological polar surface area (TPSA) is 59.2 Å². The van der Waals surface area contributed by atoms with E-state index in [1.165, 1.54) is 0 Å². The Morgan fingerprint density at radius 2 is 2.17 bits per heavy atom. The Hall–Kier alpha value is -1.42. The van der Waals surface area contributed by atoms with Gasteiger partial charge in [0.1, 0.15) is 0 Å². The third-order valence-electron chi connectivity index (χ3n) is 2.88. The Balaban J connectivity index is 2.74. The van der Waals surface area contributed by atoms with Gasteiger partial charge in [0.2, 0.25) is 5.91 Å². The smallest absolute Gasteiger partial charge is 0.240 e. The molecule has 1 amide bonds. The number of nitrogens with zero attached hydrogens (tertiary/aromatic N) is 2. The van der Waals surface area contributed by atoms with Gasteiger partial charge in [-0.3, -0.25) is 9.78 Å². The number of carbonyl (C=O) groups is 1. The highest BCUT2D eigenvalue weighted by Gasteiger charge is 2.22. The minimum Gasteiger partial charge on any atom is -0.333 e. The van der Waals surface area contributed by atoms with Crippen molar-refractivity contribution < 1.29 is 4.79 Å². The molecule has 0 aromatic carbocycles. The first-order valence-electron chi connectivity index (χ1n) is 6.52. The molecule has 0 saturated carbocycles. The molecule has 1 aromatic heterocycles. The van der Waals surface area contributed by atoms with Crippen LogP contribution in [-0.4, -0.2) is 27.9 Å². The van der Waals surface area contributed by atoms with Crippen LogP contribution in [0.1, 0.15) is 39.3 Å². The fourth-order valence-corrected chi connectivity index (χ4v) is 1.83. The molecule has 4 heteroatoms. The molecule has 1 atom stereocenters. The molecule has 0 fully saturated rings. The van der Waals surface area contributed by atoms with Crippen LogP contribution < -0.4 is 5.73 Å². The zero-order valence-corrected chi connectivity index (χ0v) is 11.5. The predicted octanol–water partition coefficient (Wildman–Crippen LogP) is 1.95. The molecule has 0 spiro atoms. The number of amides is 1. The van der Waals surface area contributed by atoms with Gasteiger partial charge in [-0.2, -0.15) is 0 Å². The fraction of sp³-hybridized carbons (Fsp3) is 0.571. The molecule has 0 bridgehead atoms. The number of carbonyl (C=O) groups excluding carboxylic acids is 1. The van der Waals surface area contributed by atoms with Crippen molar-refractivity contribution in [2.24, 2.45) is 5.73 Å². The van der Waals surface area contributed by atoms with Crippen LogP contribution in [-0.2, 0) is 11.3 Å². The molecule has 0 aliphatic carbocycles. The van der Waals surface area contributed by atoms with Crippen molar-refractivity contribution in [3.63, 3.8) is 0 Å². The van der Waals surface area contributed by atoms with Crippen molar-refractivity contribution in [3.8, 4) is 0 Å². The van der Waals surface area contributed by atoms with E-state index in [4.69, 9.17) is 5.73 Å². The maximum absolute atomic E-state index is 12.3. The monoisotopic (exact) mass is 249 g/mol. The highest BCUT2D eigenvalue weighted by atomic mass is 16.2. The molecule has 1 rings (SSSR count). The van der Waals surface area contributed by atoms with Gasteiger partial charge in [0.15, 0.2) is 0 Å². The van der Waals surface area contributed by atoms with E-state index in [0.717, 1.165) is 18.5 Å². The van der Waals surface area contributed by atoms with Crippen LogP contribution in [0, 0.1) is 0 Å². The first-order valence-corrected chi connectivity index (χ1v) is 6.52. The lowest BCUT2D eigenvalue weighted by Gasteiger charge is -2.29. The van der Waals surface area contributed by atoms with Crippen LogP contribution in [0.5, 0.6) is 0 Å². The van der Waals surface area contributed by atoms with Gasteiger partial charge in [-0.15, -0.1) is 0 Å². The molecule has 4 nitrogen and oxygen atoms in total. The second-order valence-electron chi connectivity index (χ2n) is 4.78. The van der Waals surface area contributed by atoms with Crippen molar-refractivity contribution in [3.05, 3.63) is 30.1 Å². The van der Waals surface area contributed by atoms with E-state index in [1.807, 2.05) is 39.0 Å². The summed E-state index contributed by atoms with van der Waals surface area (Å²) in [6, 6.07) is 5.45. The SMILES string of the molecule is CCC[C@H](N)C(=O)N(Cc1ccccn1)C(C)C. The molecule has 0 unspecified atom stereocenters. The maximum atomic E-state index is 12.3. The molecule has 0 saturated heterocycles. The molecular formula is C14H23N3O. The summed E-state index contributed by atoms with van der Waals surface area (Å²) in [5.74, 6) is 0.0116. The Morgan fingerprint density at radius 1 is 1.44 bits per heavy atom. The normalized spacial score (nSPS) is 12.5. The fourth-order valence-electron chi connectivity index (χ4n) is 1.83. The van der Waals surface area contributed by atoms with Gasteiger partial charge in [-0.25, -0.2) is 0 Å². The van der Waals surface area contributed by atoms with Crippen LogP contribution >= 0.6 is 0 Å². The van der Waals surface area contributed by atoms with Crippen LogP contribution in [0.2, 0.25) is 0 Å². The van der Waals surface area contributed by atoms with Gasteiger partial charge >= 0.3 is 0 Å². The summed E-state index contributed by atoms with van der Waals surface area (Å²) in [5.41, 5.74) is 6.80. The Bertz CT molecular complexity index is 365. The van der Waals surface area contributed by atoms with Crippen LogP contribution in [0.15, 0.2) is 24.4 Å². The average Bonchev–Trinajstić information content (AvgIpc) is 2.36. The van der Waals surface area contributed by atoms with E-state index in [0.29, 0.717) is 6.54 Å². The molecule has 100 valence electrons. The molecule has 0 aliphatic heterocycles. The van der Waals surface area contributed by atoms with Crippen LogP contribution in [0.3, 0.4) is 0 Å². The lowest BCUT2D eigenvalue weighted by molar-refractivity contribution is -0.135. The molecule has 1 heterocycles. The zero-order chi connectivity index (χ0) is 13.5. The van der Waals surface area contributed by atoms with Crippen LogP contribution in [0.25, 0.3) is 0 Å². The third-order valence-corrected chi connectivity index (χ3v) is 2.88. The van der Waals surface area contributed by atoms with Crippen molar-refractivity contribution in [1.82, 2.24) is 9.88 Å². The molecular weight excluding hydrogens is 226 g/mol. The van der Waals surface area contributed by atoms with E-state index in [1.54, 1.807) is 11.1 Å². The second kappa shape index (κ2) is 7.11. The van der Waals surface area contributed by atoms with Gasteiger partial charge in [0.25, 0.3) is 0 Å². The molecule has 1 aromatic rings. The van der Waals surface area contributed by atoms with Crippen molar-refractivity contribution in [2.45, 2.75) is 52.2 Å². The first-order chi connectivity index (χ1) is 8.56. The van der Waals surface area contributed by atoms with Gasteiger partial charge in [-0.05, 0) is 32.4 Å². The quantitative estimate of drug-likeness (QED) is 0.838. The van der Waals surface area contributed by atoms with E-state index in [-0.39, 0.29) is 11.9 Å². The highest BCUT2D eigenvalue weighted by Crippen LogP contribution is 2.09. The summed E-state index contributed by atoms with van der Waals surface area (Å²) in [6.45, 7) is 6.55. The first kappa shape index (κ1) is 14.6. The number of hydrogen-bond donors (Lipinski definition) is 1. The van der Waals surface area contributed by atoms with Crippen molar-refractivity contribution in [1.29, 1.82) is 0 Å². The summed E-state index contributed by atoms with van der Waals surface area (Å²) < 4.78 is 0. The van der Waals surface area contributed by atoms with Crippen LogP contribution in [0.4, 0.5) is 0 Å². The predicted molar refractivity (Wildman–Crippen MR) is 72.8 cm³/mol. The largest absolute Gasteiger partial charge is 0.333 e. The Morgan fingerprint density at radius 3 is 2.67 bits per heavy atom. The molecule has 18 heavy (non-hydrogen) atoms. The van der Waals surface area contributed by atoms with E-state index >= 15 is 0 Å². The summed E-state index contributed by atoms with van der Waals surface area (Å²) >= 11 is 0. The summed E-state index contributed by atoms with van der Waals surface area (Å²) in [6.07, 6.45) is 3.39. The minimum absolute atomic E-state index is 0.0116. The van der Waals surface area contributed by atoms with Gasteiger partial charge < -0.3 is 10.6 Å². The molecule has 0 aliphatic rings. The second-order valence-corrected chi connectivity index (χ2v) is 4.78. The molecule has 0 radical (unpaired) electrons. The lowest BCUT2D eigenvalue weighted by atomic mass is 10.1. The standard InChI is InChI=1S/C14H23N3O/c1-4-7-13(15)14(18)17(11(2)3)10-12-8-5-6-9-16-12/h5-6,8-9,11,13H,4,7,10,15H2,1-3H3/t13-/m0/s1. The van der Waals surface area contributed by atoms with E-state index in [9.17, 15) is 4.79 Å². The summed E-state index contributed by atoms with van der Waals surface area (Å²) in [4.78, 5) is 18.3. The van der Waals surface area contributed by atoms with Crippen molar-refractivity contribution >= 4 is 5.91 Å². The Kier molecular flexibility index (Phi) is 5.78. The maximum Gasteiger partial charge on any atom is 0.240 e. The van der Waals surface area contributed by atoms with Gasteiger partial charge in [0.05, 0.1) is 18.3 Å². The number of pyridine rings is 1. The Labute approximate surface area is 109 Å². The van der Waals surface area contributed by atoms with Crippen molar-refractivity contribution in [2.75, 3.05) is 0 Å². The lowest BCUT2D eigenvalue weighted by Crippen LogP contribution is -2.46. The number of rotatable bonds is 6. The van der Waals surface area contributed by atoms with Gasteiger partial charge in [0, 0.05) is 12.2 Å². The zero-order valence-electron chi connectivity index (χ0n) is 11.5. The number of aromatic nitrogens is 1. The number of hydrogen-bond acceptors (Lipinski definition) is 3.